The fraction of sp³-hybridized carbons (Fsp3) is 0.200. The number of nitrogens with two attached hydrogens (primary N) is 1. The van der Waals surface area contributed by atoms with Crippen molar-refractivity contribution in [3.05, 3.63) is 40.1 Å². The average molecular weight is 287 g/mol. The van der Waals surface area contributed by atoms with E-state index in [-0.39, 0.29) is 6.79 Å². The maximum atomic E-state index is 5.77. The lowest BCUT2D eigenvalue weighted by molar-refractivity contribution is 0.173. The van der Waals surface area contributed by atoms with Crippen LogP contribution in [0, 0.1) is 11.8 Å². The Morgan fingerprint density at radius 3 is 3.05 bits per heavy atom. The molecule has 1 aromatic heterocycles. The lowest BCUT2D eigenvalue weighted by Crippen LogP contribution is -1.96. The van der Waals surface area contributed by atoms with Gasteiger partial charge in [0.1, 0.15) is 12.4 Å². The summed E-state index contributed by atoms with van der Waals surface area (Å²) < 4.78 is 16.4. The van der Waals surface area contributed by atoms with Crippen LogP contribution in [0.3, 0.4) is 0 Å². The van der Waals surface area contributed by atoms with Crippen LogP contribution in [0.5, 0.6) is 17.2 Å². The number of hydrogen-bond donors (Lipinski definition) is 1. The number of rotatable bonds is 3. The third-order valence-electron chi connectivity index (χ3n) is 2.78. The second-order valence-electron chi connectivity index (χ2n) is 4.07. The van der Waals surface area contributed by atoms with Gasteiger partial charge in [-0.05, 0) is 23.6 Å². The predicted molar refractivity (Wildman–Crippen MR) is 77.1 cm³/mol. The van der Waals surface area contributed by atoms with Crippen LogP contribution in [0.2, 0.25) is 0 Å². The molecule has 5 heteroatoms. The highest BCUT2D eigenvalue weighted by molar-refractivity contribution is 7.10. The van der Waals surface area contributed by atoms with Gasteiger partial charge in [-0.3, -0.25) is 0 Å². The topological polar surface area (TPSA) is 53.7 Å². The normalized spacial score (nSPS) is 11.8. The van der Waals surface area contributed by atoms with Crippen molar-refractivity contribution in [1.82, 2.24) is 0 Å². The molecule has 0 fully saturated rings. The molecule has 0 saturated heterocycles. The van der Waals surface area contributed by atoms with Crippen molar-refractivity contribution in [3.8, 4) is 29.1 Å². The number of ether oxygens (including phenoxy) is 3. The van der Waals surface area contributed by atoms with E-state index in [0.717, 1.165) is 27.7 Å². The SMILES string of the molecule is NCC#Cc1ccsc1COc1ccc2c(c1)OCO2. The zero-order chi connectivity index (χ0) is 13.8. The standard InChI is InChI=1S/C15H13NO3S/c16-6-1-2-11-5-7-20-15(11)9-17-12-3-4-13-14(8-12)19-10-18-13/h3-5,7-8H,6,9-10,16H2. The molecule has 0 bridgehead atoms. The molecule has 2 heterocycles. The van der Waals surface area contributed by atoms with E-state index in [1.54, 1.807) is 11.3 Å². The van der Waals surface area contributed by atoms with Crippen LogP contribution in [-0.2, 0) is 6.61 Å². The van der Waals surface area contributed by atoms with E-state index >= 15 is 0 Å². The molecule has 0 amide bonds. The summed E-state index contributed by atoms with van der Waals surface area (Å²) >= 11 is 1.62. The summed E-state index contributed by atoms with van der Waals surface area (Å²) in [4.78, 5) is 1.09. The Labute approximate surface area is 121 Å². The molecular formula is C15H13NO3S. The van der Waals surface area contributed by atoms with Crippen molar-refractivity contribution in [1.29, 1.82) is 0 Å². The van der Waals surface area contributed by atoms with E-state index in [4.69, 9.17) is 19.9 Å². The van der Waals surface area contributed by atoms with Crippen molar-refractivity contribution in [3.63, 3.8) is 0 Å². The summed E-state index contributed by atoms with van der Waals surface area (Å²) in [5.74, 6) is 8.12. The third-order valence-corrected chi connectivity index (χ3v) is 3.68. The van der Waals surface area contributed by atoms with Gasteiger partial charge in [-0.1, -0.05) is 11.8 Å². The van der Waals surface area contributed by atoms with Gasteiger partial charge in [0.25, 0.3) is 0 Å². The molecule has 0 aliphatic carbocycles. The third kappa shape index (κ3) is 2.72. The van der Waals surface area contributed by atoms with Gasteiger partial charge in [-0.15, -0.1) is 11.3 Å². The molecule has 102 valence electrons. The molecular weight excluding hydrogens is 274 g/mol. The second kappa shape index (κ2) is 5.87. The maximum Gasteiger partial charge on any atom is 0.231 e. The number of hydrogen-bond acceptors (Lipinski definition) is 5. The first-order valence-electron chi connectivity index (χ1n) is 6.14. The smallest absolute Gasteiger partial charge is 0.231 e. The number of fused-ring (bicyclic) bond motifs is 1. The van der Waals surface area contributed by atoms with Gasteiger partial charge in [-0.25, -0.2) is 0 Å². The van der Waals surface area contributed by atoms with E-state index in [1.165, 1.54) is 0 Å². The minimum Gasteiger partial charge on any atom is -0.488 e. The molecule has 1 aliphatic rings. The minimum atomic E-state index is 0.266. The van der Waals surface area contributed by atoms with Gasteiger partial charge in [0.15, 0.2) is 11.5 Å². The highest BCUT2D eigenvalue weighted by Gasteiger charge is 2.14. The van der Waals surface area contributed by atoms with Crippen LogP contribution in [0.4, 0.5) is 0 Å². The fourth-order valence-corrected chi connectivity index (χ4v) is 2.57. The molecule has 0 unspecified atom stereocenters. The Morgan fingerprint density at radius 2 is 2.15 bits per heavy atom. The van der Waals surface area contributed by atoms with Crippen LogP contribution in [0.15, 0.2) is 29.6 Å². The van der Waals surface area contributed by atoms with Crippen molar-refractivity contribution in [2.24, 2.45) is 5.73 Å². The van der Waals surface area contributed by atoms with E-state index in [0.29, 0.717) is 13.2 Å². The molecule has 2 N–H and O–H groups in total. The predicted octanol–water partition coefficient (Wildman–Crippen LogP) is 2.37. The maximum absolute atomic E-state index is 5.77. The summed E-state index contributed by atoms with van der Waals surface area (Å²) in [7, 11) is 0. The zero-order valence-corrected chi connectivity index (χ0v) is 11.5. The molecule has 0 saturated carbocycles. The van der Waals surface area contributed by atoms with Crippen LogP contribution >= 0.6 is 11.3 Å². The van der Waals surface area contributed by atoms with Crippen molar-refractivity contribution in [2.75, 3.05) is 13.3 Å². The van der Waals surface area contributed by atoms with E-state index in [1.807, 2.05) is 29.6 Å². The van der Waals surface area contributed by atoms with E-state index in [9.17, 15) is 0 Å². The summed E-state index contributed by atoms with van der Waals surface area (Å²) in [6, 6.07) is 7.53. The number of benzene rings is 1. The molecule has 1 aliphatic heterocycles. The Hall–Kier alpha value is -2.16. The molecule has 1 aromatic carbocycles. The summed E-state index contributed by atoms with van der Waals surface area (Å²) in [6.45, 7) is 1.10. The summed E-state index contributed by atoms with van der Waals surface area (Å²) in [5, 5.41) is 2.00. The molecule has 0 atom stereocenters. The Bertz CT molecular complexity index is 669. The molecule has 2 aromatic rings. The largest absolute Gasteiger partial charge is 0.488 e. The van der Waals surface area contributed by atoms with Gasteiger partial charge in [0.05, 0.1) is 11.4 Å². The van der Waals surface area contributed by atoms with Gasteiger partial charge in [0, 0.05) is 11.6 Å². The quantitative estimate of drug-likeness (QED) is 0.881. The van der Waals surface area contributed by atoms with Crippen LogP contribution in [-0.4, -0.2) is 13.3 Å². The highest BCUT2D eigenvalue weighted by atomic mass is 32.1. The molecule has 0 spiro atoms. The van der Waals surface area contributed by atoms with Crippen molar-refractivity contribution < 1.29 is 14.2 Å². The Balaban J connectivity index is 1.69. The molecule has 4 nitrogen and oxygen atoms in total. The molecule has 0 radical (unpaired) electrons. The summed E-state index contributed by atoms with van der Waals surface area (Å²) in [6.07, 6.45) is 0. The fourth-order valence-electron chi connectivity index (χ4n) is 1.83. The van der Waals surface area contributed by atoms with Crippen LogP contribution in [0.1, 0.15) is 10.4 Å². The summed E-state index contributed by atoms with van der Waals surface area (Å²) in [5.41, 5.74) is 6.36. The monoisotopic (exact) mass is 287 g/mol. The lowest BCUT2D eigenvalue weighted by Gasteiger charge is -2.06. The Morgan fingerprint density at radius 1 is 1.25 bits per heavy atom. The average Bonchev–Trinajstić information content (AvgIpc) is 3.11. The molecule has 20 heavy (non-hydrogen) atoms. The van der Waals surface area contributed by atoms with Gasteiger partial charge < -0.3 is 19.9 Å². The van der Waals surface area contributed by atoms with Gasteiger partial charge in [0.2, 0.25) is 6.79 Å². The van der Waals surface area contributed by atoms with Crippen molar-refractivity contribution >= 4 is 11.3 Å². The molecule has 3 rings (SSSR count). The first-order chi connectivity index (χ1) is 9.86. The Kier molecular flexibility index (Phi) is 3.77. The van der Waals surface area contributed by atoms with E-state index < -0.39 is 0 Å². The highest BCUT2D eigenvalue weighted by Crippen LogP contribution is 2.35. The van der Waals surface area contributed by atoms with Crippen molar-refractivity contribution in [2.45, 2.75) is 6.61 Å². The first-order valence-corrected chi connectivity index (χ1v) is 7.02. The van der Waals surface area contributed by atoms with Gasteiger partial charge >= 0.3 is 0 Å². The van der Waals surface area contributed by atoms with Crippen LogP contribution in [0.25, 0.3) is 0 Å². The second-order valence-corrected chi connectivity index (χ2v) is 5.07. The minimum absolute atomic E-state index is 0.266. The lowest BCUT2D eigenvalue weighted by atomic mass is 10.2. The van der Waals surface area contributed by atoms with Crippen LogP contribution < -0.4 is 19.9 Å². The van der Waals surface area contributed by atoms with E-state index in [2.05, 4.69) is 11.8 Å². The first kappa shape index (κ1) is 12.9. The van der Waals surface area contributed by atoms with Gasteiger partial charge in [-0.2, -0.15) is 0 Å². The zero-order valence-electron chi connectivity index (χ0n) is 10.7. The number of thiophene rings is 1.